The third kappa shape index (κ3) is 3.59. The molecule has 2 saturated heterocycles. The summed E-state index contributed by atoms with van der Waals surface area (Å²) in [6, 6.07) is 14.1. The normalized spacial score (nSPS) is 29.9. The molecule has 7 rings (SSSR count). The zero-order chi connectivity index (χ0) is 23.6. The van der Waals surface area contributed by atoms with E-state index in [1.54, 1.807) is 17.8 Å². The molecule has 2 aromatic carbocycles. The number of nitrogens with zero attached hydrogens (tertiary/aromatic N) is 1. The van der Waals surface area contributed by atoms with E-state index in [1.165, 1.54) is 10.5 Å². The molecule has 4 aliphatic rings. The van der Waals surface area contributed by atoms with Crippen molar-refractivity contribution in [3.05, 3.63) is 64.8 Å². The SMILES string of the molecule is Cc1ccc(O[C@@H]2CC3CC(O3)[C@H](C)C2)c2c(C(=O)O)cc(C3Sc4ccccc4C3C)nc12. The number of ether oxygens (including phenoxy) is 2. The highest BCUT2D eigenvalue weighted by Gasteiger charge is 2.41. The third-order valence-electron chi connectivity index (χ3n) is 7.73. The summed E-state index contributed by atoms with van der Waals surface area (Å²) in [7, 11) is 0. The van der Waals surface area contributed by atoms with Crippen LogP contribution < -0.4 is 4.74 Å². The number of carboxylic acids is 1. The number of thioether (sulfide) groups is 1. The number of rotatable bonds is 4. The lowest BCUT2D eigenvalue weighted by atomic mass is 9.94. The standard InChI is InChI=1S/C28H29NO4S/c1-14-8-9-22(32-17-10-15(2)23-12-18(11-17)33-23)25-20(28(30)31)13-21(29-26(14)25)27-16(3)19-6-4-5-7-24(19)34-27/h4-9,13,15-18,23,27H,10-12H2,1-3H3,(H,30,31)/t15-,16?,17+,18?,23?,27?/m1/s1. The van der Waals surface area contributed by atoms with Gasteiger partial charge in [0.2, 0.25) is 0 Å². The maximum atomic E-state index is 12.5. The molecule has 1 aliphatic carbocycles. The smallest absolute Gasteiger partial charge is 0.336 e. The molecule has 3 aliphatic heterocycles. The highest BCUT2D eigenvalue weighted by Crippen LogP contribution is 2.54. The zero-order valence-electron chi connectivity index (χ0n) is 19.7. The van der Waals surface area contributed by atoms with Gasteiger partial charge in [-0.05, 0) is 48.6 Å². The lowest BCUT2D eigenvalue weighted by molar-refractivity contribution is -0.138. The Morgan fingerprint density at radius 2 is 1.94 bits per heavy atom. The molecule has 3 aromatic rings. The van der Waals surface area contributed by atoms with Crippen molar-refractivity contribution in [3.63, 3.8) is 0 Å². The van der Waals surface area contributed by atoms with E-state index >= 15 is 0 Å². The fraction of sp³-hybridized carbons (Fsp3) is 0.429. The Labute approximate surface area is 203 Å². The summed E-state index contributed by atoms with van der Waals surface area (Å²) in [5, 5.41) is 10.9. The van der Waals surface area contributed by atoms with Gasteiger partial charge in [0.1, 0.15) is 11.9 Å². The Kier molecular flexibility index (Phi) is 5.34. The predicted octanol–water partition coefficient (Wildman–Crippen LogP) is 6.53. The second-order valence-corrected chi connectivity index (χ2v) is 11.3. The molecule has 0 amide bonds. The van der Waals surface area contributed by atoms with Crippen LogP contribution in [-0.2, 0) is 4.74 Å². The monoisotopic (exact) mass is 475 g/mol. The van der Waals surface area contributed by atoms with E-state index in [0.717, 1.165) is 36.0 Å². The Balaban J connectivity index is 1.42. The predicted molar refractivity (Wildman–Crippen MR) is 133 cm³/mol. The van der Waals surface area contributed by atoms with Crippen molar-refractivity contribution in [1.29, 1.82) is 0 Å². The van der Waals surface area contributed by atoms with Gasteiger partial charge in [-0.25, -0.2) is 4.79 Å². The highest BCUT2D eigenvalue weighted by atomic mass is 32.2. The zero-order valence-corrected chi connectivity index (χ0v) is 20.5. The fourth-order valence-electron chi connectivity index (χ4n) is 5.80. The minimum atomic E-state index is -0.947. The van der Waals surface area contributed by atoms with Gasteiger partial charge in [-0.2, -0.15) is 0 Å². The molecule has 2 bridgehead atoms. The molecule has 6 atom stereocenters. The molecule has 176 valence electrons. The van der Waals surface area contributed by atoms with Crippen LogP contribution in [0.4, 0.5) is 0 Å². The van der Waals surface area contributed by atoms with Gasteiger partial charge in [0.25, 0.3) is 0 Å². The van der Waals surface area contributed by atoms with Crippen LogP contribution in [-0.4, -0.2) is 34.4 Å². The number of fused-ring (bicyclic) bond motifs is 5. The lowest BCUT2D eigenvalue weighted by Crippen LogP contribution is -2.39. The number of aryl methyl sites for hydroxylation is 1. The first-order valence-electron chi connectivity index (χ1n) is 12.1. The molecule has 3 fully saturated rings. The molecular formula is C28H29NO4S. The van der Waals surface area contributed by atoms with Crippen molar-refractivity contribution in [2.75, 3.05) is 0 Å². The Bertz CT molecular complexity index is 1280. The summed E-state index contributed by atoms with van der Waals surface area (Å²) in [4.78, 5) is 18.8. The van der Waals surface area contributed by atoms with Crippen LogP contribution in [0.25, 0.3) is 10.9 Å². The van der Waals surface area contributed by atoms with Gasteiger partial charge in [0.05, 0.1) is 39.6 Å². The number of aromatic carboxylic acids is 1. The van der Waals surface area contributed by atoms with E-state index in [-0.39, 0.29) is 28.9 Å². The average molecular weight is 476 g/mol. The van der Waals surface area contributed by atoms with Crippen LogP contribution in [0, 0.1) is 12.8 Å². The van der Waals surface area contributed by atoms with Crippen molar-refractivity contribution >= 4 is 28.6 Å². The van der Waals surface area contributed by atoms with E-state index in [1.807, 2.05) is 19.1 Å². The minimum absolute atomic E-state index is 0.0136. The van der Waals surface area contributed by atoms with E-state index in [0.29, 0.717) is 23.2 Å². The molecule has 4 heterocycles. The quantitative estimate of drug-likeness (QED) is 0.463. The van der Waals surface area contributed by atoms with Crippen LogP contribution in [0.2, 0.25) is 0 Å². The molecule has 0 radical (unpaired) electrons. The van der Waals surface area contributed by atoms with Crippen molar-refractivity contribution in [2.24, 2.45) is 5.92 Å². The molecule has 4 unspecified atom stereocenters. The number of hydrogen-bond acceptors (Lipinski definition) is 5. The summed E-state index contributed by atoms with van der Waals surface area (Å²) in [6.45, 7) is 6.40. The summed E-state index contributed by atoms with van der Waals surface area (Å²) in [5.41, 5.74) is 4.06. The molecule has 1 N–H and O–H groups in total. The van der Waals surface area contributed by atoms with Crippen LogP contribution in [0.5, 0.6) is 5.75 Å². The molecular weight excluding hydrogens is 446 g/mol. The van der Waals surface area contributed by atoms with Gasteiger partial charge < -0.3 is 14.6 Å². The number of benzene rings is 2. The third-order valence-corrected chi connectivity index (χ3v) is 9.26. The lowest BCUT2D eigenvalue weighted by Gasteiger charge is -2.36. The van der Waals surface area contributed by atoms with Gasteiger partial charge in [0.15, 0.2) is 0 Å². The second-order valence-electron chi connectivity index (χ2n) is 10.1. The van der Waals surface area contributed by atoms with Crippen molar-refractivity contribution in [2.45, 2.75) is 74.4 Å². The first-order valence-corrected chi connectivity index (χ1v) is 13.0. The largest absolute Gasteiger partial charge is 0.490 e. The van der Waals surface area contributed by atoms with E-state index < -0.39 is 5.97 Å². The average Bonchev–Trinajstić information content (AvgIpc) is 2.94. The van der Waals surface area contributed by atoms with Gasteiger partial charge in [-0.3, -0.25) is 4.98 Å². The maximum Gasteiger partial charge on any atom is 0.336 e. The second kappa shape index (κ2) is 8.28. The molecule has 5 nitrogen and oxygen atoms in total. The van der Waals surface area contributed by atoms with Gasteiger partial charge in [0, 0.05) is 23.7 Å². The number of aromatic nitrogens is 1. The maximum absolute atomic E-state index is 12.5. The van der Waals surface area contributed by atoms with Crippen LogP contribution in [0.3, 0.4) is 0 Å². The number of carbonyl (C=O) groups is 1. The van der Waals surface area contributed by atoms with Gasteiger partial charge in [-0.15, -0.1) is 11.8 Å². The summed E-state index contributed by atoms with van der Waals surface area (Å²) >= 11 is 1.77. The van der Waals surface area contributed by atoms with Crippen molar-refractivity contribution in [3.8, 4) is 5.75 Å². The number of carboxylic acid groups (broad SMARTS) is 1. The number of pyridine rings is 1. The first kappa shape index (κ1) is 21.9. The molecule has 1 aromatic heterocycles. The van der Waals surface area contributed by atoms with Crippen LogP contribution in [0.15, 0.2) is 47.4 Å². The summed E-state index contributed by atoms with van der Waals surface area (Å²) in [6.07, 6.45) is 3.46. The molecule has 34 heavy (non-hydrogen) atoms. The number of hydrogen-bond donors (Lipinski definition) is 1. The van der Waals surface area contributed by atoms with Gasteiger partial charge >= 0.3 is 5.97 Å². The highest BCUT2D eigenvalue weighted by molar-refractivity contribution is 8.00. The van der Waals surface area contributed by atoms with Gasteiger partial charge in [-0.1, -0.05) is 38.1 Å². The molecule has 0 spiro atoms. The molecule has 6 heteroatoms. The summed E-state index contributed by atoms with van der Waals surface area (Å²) in [5.74, 6) is 0.360. The Hall–Kier alpha value is -2.57. The van der Waals surface area contributed by atoms with E-state index in [2.05, 4.69) is 38.1 Å². The first-order chi connectivity index (χ1) is 16.4. The van der Waals surface area contributed by atoms with Crippen molar-refractivity contribution in [1.82, 2.24) is 4.98 Å². The van der Waals surface area contributed by atoms with E-state index in [9.17, 15) is 9.90 Å². The van der Waals surface area contributed by atoms with Crippen LogP contribution >= 0.6 is 11.8 Å². The fourth-order valence-corrected chi connectivity index (χ4v) is 7.22. The molecule has 1 saturated carbocycles. The Morgan fingerprint density at radius 1 is 1.15 bits per heavy atom. The summed E-state index contributed by atoms with van der Waals surface area (Å²) < 4.78 is 12.5. The van der Waals surface area contributed by atoms with E-state index in [4.69, 9.17) is 14.5 Å². The Morgan fingerprint density at radius 3 is 2.71 bits per heavy atom. The topological polar surface area (TPSA) is 68.7 Å². The van der Waals surface area contributed by atoms with Crippen LogP contribution in [0.1, 0.15) is 71.5 Å². The minimum Gasteiger partial charge on any atom is -0.490 e. The van der Waals surface area contributed by atoms with Crippen molar-refractivity contribution < 1.29 is 19.4 Å².